The number of hydrogen-bond acceptors (Lipinski definition) is 6. The number of anilines is 1. The summed E-state index contributed by atoms with van der Waals surface area (Å²) in [5.41, 5.74) is 1.85. The first kappa shape index (κ1) is 15.0. The number of rotatable bonds is 4. The predicted molar refractivity (Wildman–Crippen MR) is 91.8 cm³/mol. The lowest BCUT2D eigenvalue weighted by Gasteiger charge is -2.23. The molecule has 0 amide bonds. The smallest absolute Gasteiger partial charge is 0.162 e. The molecule has 1 aliphatic rings. The maximum atomic E-state index is 5.69. The molecular formula is C18H18N4O2. The zero-order chi connectivity index (χ0) is 16.2. The number of benzene rings is 1. The topological polar surface area (TPSA) is 69.2 Å². The first-order chi connectivity index (χ1) is 11.9. The molecule has 1 saturated heterocycles. The molecule has 6 nitrogen and oxygen atoms in total. The number of fused-ring (bicyclic) bond motifs is 1. The summed E-state index contributed by atoms with van der Waals surface area (Å²) in [5.74, 6) is 1.49. The van der Waals surface area contributed by atoms with Crippen LogP contribution >= 0.6 is 0 Å². The van der Waals surface area contributed by atoms with Gasteiger partial charge < -0.3 is 14.8 Å². The Kier molecular flexibility index (Phi) is 4.31. The predicted octanol–water partition coefficient (Wildman–Crippen LogP) is 2.52. The van der Waals surface area contributed by atoms with Crippen molar-refractivity contribution >= 4 is 16.7 Å². The molecule has 24 heavy (non-hydrogen) atoms. The van der Waals surface area contributed by atoms with Gasteiger partial charge in [-0.25, -0.2) is 9.97 Å². The number of para-hydroxylation sites is 1. The van der Waals surface area contributed by atoms with Crippen molar-refractivity contribution in [3.63, 3.8) is 0 Å². The minimum Gasteiger partial charge on any atom is -0.376 e. The summed E-state index contributed by atoms with van der Waals surface area (Å²) < 4.78 is 11.1. The molecule has 1 aromatic carbocycles. The molecule has 3 aromatic rings. The van der Waals surface area contributed by atoms with E-state index < -0.39 is 0 Å². The number of pyridine rings is 1. The molecule has 6 heteroatoms. The monoisotopic (exact) mass is 322 g/mol. The second kappa shape index (κ2) is 6.90. The molecule has 122 valence electrons. The summed E-state index contributed by atoms with van der Waals surface area (Å²) in [6.45, 7) is 2.56. The van der Waals surface area contributed by atoms with Crippen LogP contribution in [-0.4, -0.2) is 47.4 Å². The van der Waals surface area contributed by atoms with Crippen LogP contribution in [0.2, 0.25) is 0 Å². The molecule has 4 rings (SSSR count). The van der Waals surface area contributed by atoms with E-state index >= 15 is 0 Å². The van der Waals surface area contributed by atoms with Crippen LogP contribution in [0.5, 0.6) is 0 Å². The first-order valence-corrected chi connectivity index (χ1v) is 8.00. The molecule has 2 aromatic heterocycles. The van der Waals surface area contributed by atoms with Gasteiger partial charge in [0.2, 0.25) is 0 Å². The average Bonchev–Trinajstić information content (AvgIpc) is 2.67. The molecule has 0 radical (unpaired) electrons. The van der Waals surface area contributed by atoms with Crippen molar-refractivity contribution in [2.24, 2.45) is 0 Å². The fourth-order valence-corrected chi connectivity index (χ4v) is 2.71. The highest BCUT2D eigenvalue weighted by Crippen LogP contribution is 2.24. The summed E-state index contributed by atoms with van der Waals surface area (Å²) in [7, 11) is 0. The number of aromatic nitrogens is 3. The Morgan fingerprint density at radius 1 is 1.04 bits per heavy atom. The van der Waals surface area contributed by atoms with Crippen LogP contribution in [0.25, 0.3) is 22.3 Å². The van der Waals surface area contributed by atoms with Crippen molar-refractivity contribution in [1.82, 2.24) is 15.0 Å². The van der Waals surface area contributed by atoms with E-state index in [0.29, 0.717) is 32.2 Å². The molecule has 0 saturated carbocycles. The van der Waals surface area contributed by atoms with Crippen molar-refractivity contribution in [2.45, 2.75) is 6.10 Å². The van der Waals surface area contributed by atoms with E-state index in [2.05, 4.69) is 15.3 Å². The van der Waals surface area contributed by atoms with E-state index in [1.165, 1.54) is 0 Å². The molecule has 1 aliphatic heterocycles. The molecule has 0 spiro atoms. The van der Waals surface area contributed by atoms with Crippen LogP contribution in [-0.2, 0) is 9.47 Å². The molecule has 0 unspecified atom stereocenters. The fourth-order valence-electron chi connectivity index (χ4n) is 2.71. The number of nitrogens with zero attached hydrogens (tertiary/aromatic N) is 3. The third-order valence-corrected chi connectivity index (χ3v) is 3.92. The van der Waals surface area contributed by atoms with E-state index in [1.807, 2.05) is 36.4 Å². The molecule has 3 heterocycles. The van der Waals surface area contributed by atoms with Crippen molar-refractivity contribution < 1.29 is 9.47 Å². The van der Waals surface area contributed by atoms with E-state index in [9.17, 15) is 0 Å². The average molecular weight is 322 g/mol. The Balaban J connectivity index is 1.67. The zero-order valence-electron chi connectivity index (χ0n) is 13.2. The summed E-state index contributed by atoms with van der Waals surface area (Å²) in [6.07, 6.45) is 3.53. The Morgan fingerprint density at radius 2 is 1.92 bits per heavy atom. The molecule has 0 aliphatic carbocycles. The van der Waals surface area contributed by atoms with Crippen LogP contribution in [0, 0.1) is 0 Å². The normalized spacial score (nSPS) is 17.8. The number of hydrogen-bond donors (Lipinski definition) is 1. The van der Waals surface area contributed by atoms with E-state index in [-0.39, 0.29) is 6.10 Å². The van der Waals surface area contributed by atoms with Crippen LogP contribution in [0.4, 0.5) is 5.82 Å². The van der Waals surface area contributed by atoms with Crippen molar-refractivity contribution in [1.29, 1.82) is 0 Å². The summed E-state index contributed by atoms with van der Waals surface area (Å²) in [5, 5.41) is 4.39. The van der Waals surface area contributed by atoms with Crippen LogP contribution < -0.4 is 5.32 Å². The van der Waals surface area contributed by atoms with Crippen LogP contribution in [0.15, 0.2) is 48.8 Å². The third kappa shape index (κ3) is 3.20. The second-order valence-corrected chi connectivity index (χ2v) is 5.60. The minimum absolute atomic E-state index is 0.0388. The molecular weight excluding hydrogens is 304 g/mol. The summed E-state index contributed by atoms with van der Waals surface area (Å²) in [4.78, 5) is 13.4. The van der Waals surface area contributed by atoms with Crippen molar-refractivity contribution in [3.8, 4) is 11.4 Å². The van der Waals surface area contributed by atoms with Gasteiger partial charge in [-0.05, 0) is 24.3 Å². The van der Waals surface area contributed by atoms with E-state index in [1.54, 1.807) is 12.4 Å². The van der Waals surface area contributed by atoms with Gasteiger partial charge in [0.1, 0.15) is 5.82 Å². The second-order valence-electron chi connectivity index (χ2n) is 5.60. The van der Waals surface area contributed by atoms with Gasteiger partial charge in [-0.2, -0.15) is 0 Å². The molecule has 1 fully saturated rings. The van der Waals surface area contributed by atoms with Gasteiger partial charge in [-0.3, -0.25) is 4.98 Å². The quantitative estimate of drug-likeness (QED) is 0.796. The highest BCUT2D eigenvalue weighted by molar-refractivity contribution is 5.90. The van der Waals surface area contributed by atoms with Gasteiger partial charge in [0.15, 0.2) is 5.82 Å². The van der Waals surface area contributed by atoms with Gasteiger partial charge in [-0.1, -0.05) is 12.1 Å². The Bertz CT molecular complexity index is 820. The lowest BCUT2D eigenvalue weighted by Crippen LogP contribution is -2.34. The van der Waals surface area contributed by atoms with Crippen LogP contribution in [0.1, 0.15) is 0 Å². The Labute approximate surface area is 139 Å². The lowest BCUT2D eigenvalue weighted by molar-refractivity contribution is -0.0819. The summed E-state index contributed by atoms with van der Waals surface area (Å²) in [6, 6.07) is 11.8. The van der Waals surface area contributed by atoms with Crippen molar-refractivity contribution in [3.05, 3.63) is 48.8 Å². The largest absolute Gasteiger partial charge is 0.376 e. The highest BCUT2D eigenvalue weighted by Gasteiger charge is 2.15. The lowest BCUT2D eigenvalue weighted by atomic mass is 10.2. The fraction of sp³-hybridized carbons (Fsp3) is 0.278. The molecule has 0 bridgehead atoms. The van der Waals surface area contributed by atoms with Gasteiger partial charge in [0, 0.05) is 29.9 Å². The Morgan fingerprint density at radius 3 is 2.75 bits per heavy atom. The molecule has 1 N–H and O–H groups in total. The van der Waals surface area contributed by atoms with Gasteiger partial charge >= 0.3 is 0 Å². The van der Waals surface area contributed by atoms with Gasteiger partial charge in [0.05, 0.1) is 31.4 Å². The first-order valence-electron chi connectivity index (χ1n) is 8.00. The Hall–Kier alpha value is -2.57. The highest BCUT2D eigenvalue weighted by atomic mass is 16.6. The maximum Gasteiger partial charge on any atom is 0.162 e. The maximum absolute atomic E-state index is 5.69. The van der Waals surface area contributed by atoms with Gasteiger partial charge in [0.25, 0.3) is 0 Å². The third-order valence-electron chi connectivity index (χ3n) is 3.92. The summed E-state index contributed by atoms with van der Waals surface area (Å²) >= 11 is 0. The van der Waals surface area contributed by atoms with Crippen LogP contribution in [0.3, 0.4) is 0 Å². The molecule has 1 atom stereocenters. The number of nitrogens with one attached hydrogen (secondary N) is 1. The van der Waals surface area contributed by atoms with Gasteiger partial charge in [-0.15, -0.1) is 0 Å². The number of ether oxygens (including phenoxy) is 2. The zero-order valence-corrected chi connectivity index (χ0v) is 13.2. The van der Waals surface area contributed by atoms with E-state index in [4.69, 9.17) is 14.5 Å². The van der Waals surface area contributed by atoms with Crippen molar-refractivity contribution in [2.75, 3.05) is 31.7 Å². The van der Waals surface area contributed by atoms with E-state index in [0.717, 1.165) is 22.3 Å². The minimum atomic E-state index is 0.0388. The standard InChI is InChI=1S/C18H18N4O2/c1-2-4-16-15(3-1)18(20-11-14-12-23-9-10-24-14)22-17(21-16)13-5-7-19-8-6-13/h1-8,14H,9-12H2,(H,20,21,22)/t14-/m1/s1. The SMILES string of the molecule is c1ccc2c(NC[C@@H]3COCCO3)nc(-c3ccncc3)nc2c1.